The van der Waals surface area contributed by atoms with E-state index in [1.807, 2.05) is 0 Å². The number of hydrogen-bond donors (Lipinski definition) is 3. The SMILES string of the molecule is COc1ccc(C(=O)NC(N)=NN)cc1OC. The van der Waals surface area contributed by atoms with E-state index in [1.165, 1.54) is 20.3 Å². The van der Waals surface area contributed by atoms with E-state index in [2.05, 4.69) is 10.4 Å². The van der Waals surface area contributed by atoms with Gasteiger partial charge in [-0.15, -0.1) is 5.10 Å². The van der Waals surface area contributed by atoms with Gasteiger partial charge in [0, 0.05) is 5.56 Å². The molecule has 0 aliphatic carbocycles. The van der Waals surface area contributed by atoms with Gasteiger partial charge in [0.25, 0.3) is 5.91 Å². The van der Waals surface area contributed by atoms with Crippen LogP contribution in [0.1, 0.15) is 10.4 Å². The molecule has 7 nitrogen and oxygen atoms in total. The number of nitrogens with two attached hydrogens (primary N) is 2. The minimum Gasteiger partial charge on any atom is -0.493 e. The van der Waals surface area contributed by atoms with Crippen molar-refractivity contribution in [2.24, 2.45) is 16.7 Å². The number of rotatable bonds is 3. The Bertz CT molecular complexity index is 445. The normalized spacial score (nSPS) is 10.8. The maximum Gasteiger partial charge on any atom is 0.258 e. The predicted octanol–water partition coefficient (Wildman–Crippen LogP) is -0.378. The van der Waals surface area contributed by atoms with Crippen LogP contribution in [0, 0.1) is 0 Å². The van der Waals surface area contributed by atoms with Crippen LogP contribution in [0.5, 0.6) is 11.5 Å². The zero-order chi connectivity index (χ0) is 12.8. The number of benzene rings is 1. The predicted molar refractivity (Wildman–Crippen MR) is 62.8 cm³/mol. The third kappa shape index (κ3) is 3.00. The Morgan fingerprint density at radius 1 is 1.29 bits per heavy atom. The molecule has 17 heavy (non-hydrogen) atoms. The van der Waals surface area contributed by atoms with Gasteiger partial charge in [0.05, 0.1) is 14.2 Å². The van der Waals surface area contributed by atoms with Crippen molar-refractivity contribution in [2.45, 2.75) is 0 Å². The third-order valence-electron chi connectivity index (χ3n) is 2.03. The fourth-order valence-electron chi connectivity index (χ4n) is 1.20. The highest BCUT2D eigenvalue weighted by Gasteiger charge is 2.11. The van der Waals surface area contributed by atoms with Crippen LogP contribution in [0.25, 0.3) is 0 Å². The molecular formula is C10H14N4O3. The Hall–Kier alpha value is -2.44. The lowest BCUT2D eigenvalue weighted by molar-refractivity contribution is 0.0976. The molecule has 0 spiro atoms. The lowest BCUT2D eigenvalue weighted by Crippen LogP contribution is -2.37. The Morgan fingerprint density at radius 2 is 1.94 bits per heavy atom. The van der Waals surface area contributed by atoms with Crippen molar-refractivity contribution < 1.29 is 14.3 Å². The van der Waals surface area contributed by atoms with E-state index < -0.39 is 5.91 Å². The lowest BCUT2D eigenvalue weighted by Gasteiger charge is -2.09. The molecule has 1 aromatic rings. The number of hydrogen-bond acceptors (Lipinski definition) is 5. The van der Waals surface area contributed by atoms with Crippen LogP contribution >= 0.6 is 0 Å². The van der Waals surface area contributed by atoms with Gasteiger partial charge in [0.1, 0.15) is 0 Å². The summed E-state index contributed by atoms with van der Waals surface area (Å²) in [5.74, 6) is 5.29. The summed E-state index contributed by atoms with van der Waals surface area (Å²) in [6.45, 7) is 0. The Labute approximate surface area is 98.4 Å². The van der Waals surface area contributed by atoms with Crippen LogP contribution in [0.3, 0.4) is 0 Å². The number of ether oxygens (including phenoxy) is 2. The van der Waals surface area contributed by atoms with E-state index in [0.717, 1.165) is 0 Å². The number of nitrogens with one attached hydrogen (secondary N) is 1. The highest BCUT2D eigenvalue weighted by atomic mass is 16.5. The fourth-order valence-corrected chi connectivity index (χ4v) is 1.20. The quantitative estimate of drug-likeness (QED) is 0.287. The molecule has 0 aliphatic rings. The summed E-state index contributed by atoms with van der Waals surface area (Å²) in [4.78, 5) is 11.7. The zero-order valence-corrected chi connectivity index (χ0v) is 9.56. The van der Waals surface area contributed by atoms with Gasteiger partial charge < -0.3 is 21.1 Å². The maximum absolute atomic E-state index is 11.7. The molecule has 0 radical (unpaired) electrons. The fraction of sp³-hybridized carbons (Fsp3) is 0.200. The molecule has 0 fully saturated rings. The number of carbonyl (C=O) groups is 1. The van der Waals surface area contributed by atoms with Crippen LogP contribution in [0.4, 0.5) is 0 Å². The standard InChI is InChI=1S/C10H14N4O3/c1-16-7-4-3-6(5-8(7)17-2)9(15)13-10(11)14-12/h3-5H,12H2,1-2H3,(H3,11,13,14,15). The van der Waals surface area contributed by atoms with Gasteiger partial charge in [-0.2, -0.15) is 0 Å². The third-order valence-corrected chi connectivity index (χ3v) is 2.03. The van der Waals surface area contributed by atoms with Crippen molar-refractivity contribution in [1.82, 2.24) is 5.32 Å². The minimum absolute atomic E-state index is 0.162. The van der Waals surface area contributed by atoms with Gasteiger partial charge in [0.15, 0.2) is 11.5 Å². The first kappa shape index (κ1) is 12.6. The number of amides is 1. The van der Waals surface area contributed by atoms with E-state index in [1.54, 1.807) is 12.1 Å². The molecule has 0 bridgehead atoms. The first-order valence-corrected chi connectivity index (χ1v) is 4.69. The molecule has 1 rings (SSSR count). The summed E-state index contributed by atoms with van der Waals surface area (Å²) >= 11 is 0. The Kier molecular flexibility index (Phi) is 4.15. The average molecular weight is 238 g/mol. The van der Waals surface area contributed by atoms with Crippen LogP contribution in [-0.2, 0) is 0 Å². The summed E-state index contributed by atoms with van der Waals surface area (Å²) in [6.07, 6.45) is 0. The van der Waals surface area contributed by atoms with Gasteiger partial charge in [-0.3, -0.25) is 10.1 Å². The van der Waals surface area contributed by atoms with Gasteiger partial charge in [0.2, 0.25) is 5.96 Å². The van der Waals surface area contributed by atoms with Crippen molar-refractivity contribution in [3.63, 3.8) is 0 Å². The lowest BCUT2D eigenvalue weighted by atomic mass is 10.2. The number of hydrazone groups is 1. The van der Waals surface area contributed by atoms with Crippen molar-refractivity contribution in [3.05, 3.63) is 23.8 Å². The van der Waals surface area contributed by atoms with Crippen LogP contribution in [0.15, 0.2) is 23.3 Å². The number of methoxy groups -OCH3 is 2. The largest absolute Gasteiger partial charge is 0.493 e. The van der Waals surface area contributed by atoms with Crippen LogP contribution in [0.2, 0.25) is 0 Å². The topological polar surface area (TPSA) is 112 Å². The monoisotopic (exact) mass is 238 g/mol. The molecule has 1 aromatic carbocycles. The van der Waals surface area contributed by atoms with Crippen molar-refractivity contribution in [1.29, 1.82) is 0 Å². The van der Waals surface area contributed by atoms with Gasteiger partial charge in [-0.1, -0.05) is 0 Å². The van der Waals surface area contributed by atoms with Gasteiger partial charge in [-0.25, -0.2) is 0 Å². The summed E-state index contributed by atoms with van der Waals surface area (Å²) in [7, 11) is 2.99. The molecule has 0 heterocycles. The summed E-state index contributed by atoms with van der Waals surface area (Å²) in [5, 5.41) is 5.44. The Morgan fingerprint density at radius 3 is 2.47 bits per heavy atom. The highest BCUT2D eigenvalue weighted by molar-refractivity contribution is 6.05. The molecule has 92 valence electrons. The second-order valence-corrected chi connectivity index (χ2v) is 3.04. The van der Waals surface area contributed by atoms with Crippen LogP contribution < -0.4 is 26.4 Å². The van der Waals surface area contributed by atoms with Crippen LogP contribution in [-0.4, -0.2) is 26.1 Å². The molecular weight excluding hydrogens is 224 g/mol. The summed E-state index contributed by atoms with van der Waals surface area (Å²) in [6, 6.07) is 4.71. The molecule has 0 aliphatic heterocycles. The molecule has 0 saturated carbocycles. The first-order chi connectivity index (χ1) is 8.12. The van der Waals surface area contributed by atoms with Crippen molar-refractivity contribution >= 4 is 11.9 Å². The number of nitrogens with zero attached hydrogens (tertiary/aromatic N) is 1. The molecule has 0 atom stereocenters. The second-order valence-electron chi connectivity index (χ2n) is 3.04. The van der Waals surface area contributed by atoms with E-state index in [9.17, 15) is 4.79 Å². The highest BCUT2D eigenvalue weighted by Crippen LogP contribution is 2.27. The number of guanidine groups is 1. The molecule has 7 heteroatoms. The minimum atomic E-state index is -0.433. The van der Waals surface area contributed by atoms with E-state index in [-0.39, 0.29) is 5.96 Å². The first-order valence-electron chi connectivity index (χ1n) is 4.69. The maximum atomic E-state index is 11.7. The van der Waals surface area contributed by atoms with E-state index >= 15 is 0 Å². The van der Waals surface area contributed by atoms with E-state index in [0.29, 0.717) is 17.1 Å². The molecule has 1 amide bonds. The zero-order valence-electron chi connectivity index (χ0n) is 9.56. The second kappa shape index (κ2) is 5.59. The number of carbonyl (C=O) groups excluding carboxylic acids is 1. The summed E-state index contributed by atoms with van der Waals surface area (Å²) < 4.78 is 10.1. The Balaban J connectivity index is 2.96. The smallest absolute Gasteiger partial charge is 0.258 e. The van der Waals surface area contributed by atoms with Crippen molar-refractivity contribution in [2.75, 3.05) is 14.2 Å². The summed E-state index contributed by atoms with van der Waals surface area (Å²) in [5.41, 5.74) is 5.63. The molecule has 0 aromatic heterocycles. The van der Waals surface area contributed by atoms with Gasteiger partial charge >= 0.3 is 0 Å². The molecule has 0 saturated heterocycles. The van der Waals surface area contributed by atoms with Gasteiger partial charge in [-0.05, 0) is 18.2 Å². The van der Waals surface area contributed by atoms with E-state index in [4.69, 9.17) is 21.1 Å². The molecule has 0 unspecified atom stereocenters. The molecule has 5 N–H and O–H groups in total. The average Bonchev–Trinajstić information content (AvgIpc) is 2.37. The van der Waals surface area contributed by atoms with Crippen molar-refractivity contribution in [3.8, 4) is 11.5 Å².